The third-order valence-electron chi connectivity index (χ3n) is 4.60. The van der Waals surface area contributed by atoms with Crippen molar-refractivity contribution >= 4 is 17.5 Å². The number of ether oxygens (including phenoxy) is 1. The minimum atomic E-state index is -0.0942. The predicted molar refractivity (Wildman–Crippen MR) is 104 cm³/mol. The number of nitrogens with one attached hydrogen (secondary N) is 3. The quantitative estimate of drug-likeness (QED) is 0.733. The fourth-order valence-corrected chi connectivity index (χ4v) is 3.16. The molecule has 1 fully saturated rings. The van der Waals surface area contributed by atoms with E-state index in [-0.39, 0.29) is 24.3 Å². The van der Waals surface area contributed by atoms with Crippen molar-refractivity contribution in [2.45, 2.75) is 39.2 Å². The lowest BCUT2D eigenvalue weighted by Crippen LogP contribution is -2.44. The Labute approximate surface area is 159 Å². The van der Waals surface area contributed by atoms with Crippen molar-refractivity contribution < 1.29 is 14.3 Å². The highest BCUT2D eigenvalue weighted by Crippen LogP contribution is 2.24. The molecule has 2 aromatic carbocycles. The Morgan fingerprint density at radius 1 is 1.19 bits per heavy atom. The van der Waals surface area contributed by atoms with Gasteiger partial charge in [-0.25, -0.2) is 5.43 Å². The number of rotatable bonds is 6. The average Bonchev–Trinajstić information content (AvgIpc) is 2.65. The summed E-state index contributed by atoms with van der Waals surface area (Å²) in [6, 6.07) is 13.7. The molecule has 0 aliphatic carbocycles. The van der Waals surface area contributed by atoms with E-state index in [1.807, 2.05) is 56.3 Å². The van der Waals surface area contributed by atoms with Gasteiger partial charge >= 0.3 is 0 Å². The van der Waals surface area contributed by atoms with Crippen molar-refractivity contribution in [3.05, 3.63) is 59.2 Å². The topological polar surface area (TPSA) is 79.5 Å². The van der Waals surface area contributed by atoms with Crippen molar-refractivity contribution in [3.63, 3.8) is 0 Å². The van der Waals surface area contributed by atoms with Gasteiger partial charge in [-0.15, -0.1) is 0 Å². The number of hydrogen-bond donors (Lipinski definition) is 3. The number of para-hydroxylation sites is 1. The van der Waals surface area contributed by atoms with E-state index in [0.717, 1.165) is 34.5 Å². The van der Waals surface area contributed by atoms with Crippen molar-refractivity contribution in [1.82, 2.24) is 10.9 Å². The lowest BCUT2D eigenvalue weighted by atomic mass is 10.0. The standard InChI is InChI=1S/C21H25N3O3/c1-14-5-3-6-15(2)21(14)27-12-11-19(25)22-17-8-4-7-16(13-17)18-9-10-20(26)24-23-18/h3-8,13,18,23H,9-12H2,1-2H3,(H,22,25)(H,24,26). The average molecular weight is 367 g/mol. The molecule has 0 bridgehead atoms. The van der Waals surface area contributed by atoms with Crippen LogP contribution in [0.1, 0.15) is 42.0 Å². The molecule has 0 radical (unpaired) electrons. The molecule has 1 aliphatic heterocycles. The molecule has 1 heterocycles. The van der Waals surface area contributed by atoms with Gasteiger partial charge in [0.25, 0.3) is 0 Å². The Morgan fingerprint density at radius 2 is 1.93 bits per heavy atom. The lowest BCUT2D eigenvalue weighted by Gasteiger charge is -2.24. The highest BCUT2D eigenvalue weighted by Gasteiger charge is 2.19. The van der Waals surface area contributed by atoms with Gasteiger partial charge in [0.15, 0.2) is 0 Å². The fourth-order valence-electron chi connectivity index (χ4n) is 3.16. The van der Waals surface area contributed by atoms with Gasteiger partial charge in [0, 0.05) is 12.1 Å². The van der Waals surface area contributed by atoms with E-state index in [1.54, 1.807) is 0 Å². The molecule has 3 N–H and O–H groups in total. The van der Waals surface area contributed by atoms with Crippen LogP contribution in [0.15, 0.2) is 42.5 Å². The SMILES string of the molecule is Cc1cccc(C)c1OCCC(=O)Nc1cccc(C2CCC(=O)NN2)c1. The molecule has 3 rings (SSSR count). The van der Waals surface area contributed by atoms with Crippen molar-refractivity contribution in [3.8, 4) is 5.75 Å². The molecule has 0 spiro atoms. The largest absolute Gasteiger partial charge is 0.493 e. The zero-order valence-corrected chi connectivity index (χ0v) is 15.7. The highest BCUT2D eigenvalue weighted by atomic mass is 16.5. The van der Waals surface area contributed by atoms with Crippen LogP contribution in [-0.4, -0.2) is 18.4 Å². The second kappa shape index (κ2) is 8.68. The van der Waals surface area contributed by atoms with Crippen LogP contribution in [0.4, 0.5) is 5.69 Å². The molecule has 2 amide bonds. The van der Waals surface area contributed by atoms with Crippen LogP contribution >= 0.6 is 0 Å². The van der Waals surface area contributed by atoms with E-state index < -0.39 is 0 Å². The number of carbonyl (C=O) groups is 2. The van der Waals surface area contributed by atoms with Gasteiger partial charge < -0.3 is 10.1 Å². The van der Waals surface area contributed by atoms with Crippen LogP contribution in [0.2, 0.25) is 0 Å². The number of anilines is 1. The Bertz CT molecular complexity index is 805. The molecule has 27 heavy (non-hydrogen) atoms. The van der Waals surface area contributed by atoms with Gasteiger partial charge in [-0.3, -0.25) is 15.0 Å². The van der Waals surface area contributed by atoms with Gasteiger partial charge in [0.05, 0.1) is 19.1 Å². The summed E-state index contributed by atoms with van der Waals surface area (Å²) in [6.45, 7) is 4.32. The monoisotopic (exact) mass is 367 g/mol. The third kappa shape index (κ3) is 5.08. The van der Waals surface area contributed by atoms with Crippen LogP contribution in [-0.2, 0) is 9.59 Å². The maximum absolute atomic E-state index is 12.2. The molecular weight excluding hydrogens is 342 g/mol. The highest BCUT2D eigenvalue weighted by molar-refractivity contribution is 5.90. The number of aryl methyl sites for hydroxylation is 2. The Kier molecular flexibility index (Phi) is 6.08. The maximum atomic E-state index is 12.2. The second-order valence-electron chi connectivity index (χ2n) is 6.78. The molecule has 6 nitrogen and oxygen atoms in total. The summed E-state index contributed by atoms with van der Waals surface area (Å²) in [5.74, 6) is 0.751. The third-order valence-corrected chi connectivity index (χ3v) is 4.60. The summed E-state index contributed by atoms with van der Waals surface area (Å²) in [4.78, 5) is 23.5. The van der Waals surface area contributed by atoms with Crippen LogP contribution in [0.25, 0.3) is 0 Å². The Morgan fingerprint density at radius 3 is 2.63 bits per heavy atom. The number of hydrogen-bond acceptors (Lipinski definition) is 4. The summed E-state index contributed by atoms with van der Waals surface area (Å²) >= 11 is 0. The smallest absolute Gasteiger partial charge is 0.234 e. The van der Waals surface area contributed by atoms with E-state index in [2.05, 4.69) is 16.2 Å². The molecule has 0 saturated carbocycles. The van der Waals surface area contributed by atoms with Crippen LogP contribution < -0.4 is 20.9 Å². The molecule has 142 valence electrons. The van der Waals surface area contributed by atoms with E-state index in [1.165, 1.54) is 0 Å². The maximum Gasteiger partial charge on any atom is 0.234 e. The van der Waals surface area contributed by atoms with E-state index in [4.69, 9.17) is 4.74 Å². The fraction of sp³-hybridized carbons (Fsp3) is 0.333. The normalized spacial score (nSPS) is 16.5. The van der Waals surface area contributed by atoms with Gasteiger partial charge in [-0.05, 0) is 49.1 Å². The minimum Gasteiger partial charge on any atom is -0.493 e. The summed E-state index contributed by atoms with van der Waals surface area (Å²) in [5.41, 5.74) is 9.54. The molecule has 6 heteroatoms. The summed E-state index contributed by atoms with van der Waals surface area (Å²) < 4.78 is 5.79. The van der Waals surface area contributed by atoms with Crippen molar-refractivity contribution in [1.29, 1.82) is 0 Å². The van der Waals surface area contributed by atoms with Gasteiger partial charge in [0.2, 0.25) is 11.8 Å². The lowest BCUT2D eigenvalue weighted by molar-refractivity contribution is -0.124. The van der Waals surface area contributed by atoms with Gasteiger partial charge in [-0.1, -0.05) is 30.3 Å². The first-order chi connectivity index (χ1) is 13.0. The number of benzene rings is 2. The van der Waals surface area contributed by atoms with Crippen molar-refractivity contribution in [2.24, 2.45) is 0 Å². The first-order valence-corrected chi connectivity index (χ1v) is 9.16. The van der Waals surface area contributed by atoms with E-state index in [9.17, 15) is 9.59 Å². The number of hydrazine groups is 1. The summed E-state index contributed by atoms with van der Waals surface area (Å²) in [5, 5.41) is 2.91. The Hall–Kier alpha value is -2.86. The predicted octanol–water partition coefficient (Wildman–Crippen LogP) is 3.17. The molecule has 1 unspecified atom stereocenters. The van der Waals surface area contributed by atoms with Gasteiger partial charge in [0.1, 0.15) is 5.75 Å². The van der Waals surface area contributed by atoms with Gasteiger partial charge in [-0.2, -0.15) is 0 Å². The molecule has 0 aromatic heterocycles. The zero-order valence-electron chi connectivity index (χ0n) is 15.7. The van der Waals surface area contributed by atoms with E-state index in [0.29, 0.717) is 13.0 Å². The second-order valence-corrected chi connectivity index (χ2v) is 6.78. The number of carbonyl (C=O) groups excluding carboxylic acids is 2. The summed E-state index contributed by atoms with van der Waals surface area (Å²) in [7, 11) is 0. The molecule has 1 atom stereocenters. The Balaban J connectivity index is 1.52. The van der Waals surface area contributed by atoms with E-state index >= 15 is 0 Å². The van der Waals surface area contributed by atoms with Crippen LogP contribution in [0.3, 0.4) is 0 Å². The zero-order chi connectivity index (χ0) is 19.2. The summed E-state index contributed by atoms with van der Waals surface area (Å²) in [6.07, 6.45) is 1.49. The number of amides is 2. The first-order valence-electron chi connectivity index (χ1n) is 9.16. The van der Waals surface area contributed by atoms with Crippen molar-refractivity contribution in [2.75, 3.05) is 11.9 Å². The first kappa shape index (κ1) is 18.9. The van der Waals surface area contributed by atoms with Crippen LogP contribution in [0.5, 0.6) is 5.75 Å². The minimum absolute atomic E-state index is 0.000373. The van der Waals surface area contributed by atoms with Crippen LogP contribution in [0, 0.1) is 13.8 Å². The molecule has 1 aliphatic rings. The molecule has 2 aromatic rings. The molecule has 1 saturated heterocycles. The molecular formula is C21H25N3O3.